The van der Waals surface area contributed by atoms with Gasteiger partial charge in [0.2, 0.25) is 0 Å². The standard InChI is InChI=1S/C23H23N3O/c27-23(26-13-11-19-8-4-5-9-20(19)17-26)21-14-22(16-24-15-21)25-12-10-18-6-2-1-3-7-18/h1-9,14-16,25H,10-13,17H2. The largest absolute Gasteiger partial charge is 0.383 e. The Morgan fingerprint density at radius 1 is 1.00 bits per heavy atom. The van der Waals surface area contributed by atoms with E-state index < -0.39 is 0 Å². The molecule has 0 aliphatic carbocycles. The molecule has 0 fully saturated rings. The summed E-state index contributed by atoms with van der Waals surface area (Å²) in [5, 5.41) is 3.37. The summed E-state index contributed by atoms with van der Waals surface area (Å²) >= 11 is 0. The van der Waals surface area contributed by atoms with Gasteiger partial charge in [-0.15, -0.1) is 0 Å². The Balaban J connectivity index is 1.39. The van der Waals surface area contributed by atoms with Crippen LogP contribution in [0.5, 0.6) is 0 Å². The number of nitrogens with one attached hydrogen (secondary N) is 1. The van der Waals surface area contributed by atoms with Gasteiger partial charge >= 0.3 is 0 Å². The van der Waals surface area contributed by atoms with Crippen molar-refractivity contribution < 1.29 is 4.79 Å². The molecule has 3 aromatic rings. The van der Waals surface area contributed by atoms with Crippen LogP contribution in [0.4, 0.5) is 5.69 Å². The minimum atomic E-state index is 0.0451. The van der Waals surface area contributed by atoms with Crippen LogP contribution in [-0.2, 0) is 19.4 Å². The van der Waals surface area contributed by atoms with E-state index in [0.717, 1.165) is 31.6 Å². The third-order valence-electron chi connectivity index (χ3n) is 4.99. The summed E-state index contributed by atoms with van der Waals surface area (Å²) in [5.74, 6) is 0.0451. The summed E-state index contributed by atoms with van der Waals surface area (Å²) in [7, 11) is 0. The van der Waals surface area contributed by atoms with Gasteiger partial charge in [-0.05, 0) is 35.6 Å². The summed E-state index contributed by atoms with van der Waals surface area (Å²) in [5.41, 5.74) is 5.39. The highest BCUT2D eigenvalue weighted by molar-refractivity contribution is 5.94. The van der Waals surface area contributed by atoms with Gasteiger partial charge in [-0.2, -0.15) is 0 Å². The normalized spacial score (nSPS) is 13.1. The molecule has 136 valence electrons. The Morgan fingerprint density at radius 3 is 2.63 bits per heavy atom. The van der Waals surface area contributed by atoms with Crippen molar-refractivity contribution in [3.8, 4) is 0 Å². The van der Waals surface area contributed by atoms with Crippen LogP contribution < -0.4 is 5.32 Å². The zero-order valence-electron chi connectivity index (χ0n) is 15.3. The maximum Gasteiger partial charge on any atom is 0.255 e. The van der Waals surface area contributed by atoms with Crippen molar-refractivity contribution in [1.29, 1.82) is 0 Å². The Morgan fingerprint density at radius 2 is 1.78 bits per heavy atom. The van der Waals surface area contributed by atoms with Gasteiger partial charge in [0.05, 0.1) is 11.3 Å². The van der Waals surface area contributed by atoms with Crippen LogP contribution in [0.15, 0.2) is 73.1 Å². The number of fused-ring (bicyclic) bond motifs is 1. The van der Waals surface area contributed by atoms with Crippen molar-refractivity contribution in [3.05, 3.63) is 95.3 Å². The maximum absolute atomic E-state index is 12.9. The molecule has 0 unspecified atom stereocenters. The van der Waals surface area contributed by atoms with Crippen LogP contribution in [0.2, 0.25) is 0 Å². The molecular weight excluding hydrogens is 334 g/mol. The molecule has 1 amide bonds. The summed E-state index contributed by atoms with van der Waals surface area (Å²) < 4.78 is 0. The van der Waals surface area contributed by atoms with E-state index in [0.29, 0.717) is 12.1 Å². The Bertz CT molecular complexity index is 924. The van der Waals surface area contributed by atoms with Crippen molar-refractivity contribution in [1.82, 2.24) is 9.88 Å². The fraction of sp³-hybridized carbons (Fsp3) is 0.217. The Hall–Kier alpha value is -3.14. The number of hydrogen-bond donors (Lipinski definition) is 1. The fourth-order valence-electron chi connectivity index (χ4n) is 3.50. The predicted molar refractivity (Wildman–Crippen MR) is 108 cm³/mol. The van der Waals surface area contributed by atoms with Gasteiger partial charge in [-0.1, -0.05) is 54.6 Å². The van der Waals surface area contributed by atoms with E-state index in [9.17, 15) is 4.79 Å². The zero-order valence-corrected chi connectivity index (χ0v) is 15.3. The molecule has 1 aliphatic rings. The number of hydrogen-bond acceptors (Lipinski definition) is 3. The molecule has 4 nitrogen and oxygen atoms in total. The molecule has 2 heterocycles. The lowest BCUT2D eigenvalue weighted by atomic mass is 9.99. The number of amides is 1. The number of aromatic nitrogens is 1. The van der Waals surface area contributed by atoms with Gasteiger partial charge in [-0.25, -0.2) is 0 Å². The van der Waals surface area contributed by atoms with Crippen LogP contribution in [0.1, 0.15) is 27.0 Å². The van der Waals surface area contributed by atoms with Crippen molar-refractivity contribution in [2.24, 2.45) is 0 Å². The number of benzene rings is 2. The highest BCUT2D eigenvalue weighted by Crippen LogP contribution is 2.21. The van der Waals surface area contributed by atoms with Gasteiger partial charge in [0.1, 0.15) is 0 Å². The second-order valence-corrected chi connectivity index (χ2v) is 6.87. The summed E-state index contributed by atoms with van der Waals surface area (Å²) in [6, 6.07) is 20.6. The van der Waals surface area contributed by atoms with Crippen LogP contribution in [0.3, 0.4) is 0 Å². The molecular formula is C23H23N3O. The number of anilines is 1. The number of nitrogens with zero attached hydrogens (tertiary/aromatic N) is 2. The highest BCUT2D eigenvalue weighted by atomic mass is 16.2. The SMILES string of the molecule is O=C(c1cncc(NCCc2ccccc2)c1)N1CCc2ccccc2C1. The minimum absolute atomic E-state index is 0.0451. The molecule has 1 N–H and O–H groups in total. The van der Waals surface area contributed by atoms with Crippen LogP contribution >= 0.6 is 0 Å². The molecule has 0 atom stereocenters. The fourth-order valence-corrected chi connectivity index (χ4v) is 3.50. The highest BCUT2D eigenvalue weighted by Gasteiger charge is 2.21. The van der Waals surface area contributed by atoms with E-state index in [1.165, 1.54) is 16.7 Å². The van der Waals surface area contributed by atoms with Gasteiger partial charge in [0, 0.05) is 32.0 Å². The van der Waals surface area contributed by atoms with Crippen LogP contribution in [0, 0.1) is 0 Å². The molecule has 0 spiro atoms. The van der Waals surface area contributed by atoms with Crippen molar-refractivity contribution in [2.75, 3.05) is 18.4 Å². The quantitative estimate of drug-likeness (QED) is 0.752. The van der Waals surface area contributed by atoms with Gasteiger partial charge in [0.15, 0.2) is 0 Å². The first-order valence-corrected chi connectivity index (χ1v) is 9.38. The van der Waals surface area contributed by atoms with Crippen LogP contribution in [-0.4, -0.2) is 28.9 Å². The minimum Gasteiger partial charge on any atom is -0.383 e. The Kier molecular flexibility index (Phi) is 5.15. The van der Waals surface area contributed by atoms with E-state index in [2.05, 4.69) is 40.6 Å². The first-order chi connectivity index (χ1) is 13.3. The van der Waals surface area contributed by atoms with Gasteiger partial charge < -0.3 is 10.2 Å². The lowest BCUT2D eigenvalue weighted by Gasteiger charge is -2.29. The van der Waals surface area contributed by atoms with E-state index in [1.807, 2.05) is 35.2 Å². The summed E-state index contributed by atoms with van der Waals surface area (Å²) in [6.07, 6.45) is 5.27. The summed E-state index contributed by atoms with van der Waals surface area (Å²) in [6.45, 7) is 2.22. The average Bonchev–Trinajstić information content (AvgIpc) is 2.74. The zero-order chi connectivity index (χ0) is 18.5. The van der Waals surface area contributed by atoms with Crippen molar-refractivity contribution in [3.63, 3.8) is 0 Å². The second-order valence-electron chi connectivity index (χ2n) is 6.87. The Labute approximate surface area is 159 Å². The van der Waals surface area contributed by atoms with Crippen molar-refractivity contribution in [2.45, 2.75) is 19.4 Å². The monoisotopic (exact) mass is 357 g/mol. The molecule has 4 heteroatoms. The number of carbonyl (C=O) groups is 1. The molecule has 1 aromatic heterocycles. The smallest absolute Gasteiger partial charge is 0.255 e. The molecule has 1 aliphatic heterocycles. The predicted octanol–water partition coefficient (Wildman–Crippen LogP) is 3.93. The first kappa shape index (κ1) is 17.3. The van der Waals surface area contributed by atoms with Gasteiger partial charge in [-0.3, -0.25) is 9.78 Å². The van der Waals surface area contributed by atoms with Gasteiger partial charge in [0.25, 0.3) is 5.91 Å². The number of rotatable bonds is 5. The molecule has 0 saturated carbocycles. The first-order valence-electron chi connectivity index (χ1n) is 9.38. The summed E-state index contributed by atoms with van der Waals surface area (Å²) in [4.78, 5) is 19.1. The third kappa shape index (κ3) is 4.17. The van der Waals surface area contributed by atoms with E-state index >= 15 is 0 Å². The molecule has 0 bridgehead atoms. The van der Waals surface area contributed by atoms with Crippen LogP contribution in [0.25, 0.3) is 0 Å². The number of pyridine rings is 1. The molecule has 4 rings (SSSR count). The lowest BCUT2D eigenvalue weighted by Crippen LogP contribution is -2.36. The van der Waals surface area contributed by atoms with E-state index in [-0.39, 0.29) is 5.91 Å². The maximum atomic E-state index is 12.9. The number of carbonyl (C=O) groups excluding carboxylic acids is 1. The molecule has 0 saturated heterocycles. The lowest BCUT2D eigenvalue weighted by molar-refractivity contribution is 0.0734. The second kappa shape index (κ2) is 8.04. The van der Waals surface area contributed by atoms with E-state index in [4.69, 9.17) is 0 Å². The van der Waals surface area contributed by atoms with Crippen molar-refractivity contribution >= 4 is 11.6 Å². The molecule has 27 heavy (non-hydrogen) atoms. The third-order valence-corrected chi connectivity index (χ3v) is 4.99. The molecule has 2 aromatic carbocycles. The average molecular weight is 357 g/mol. The topological polar surface area (TPSA) is 45.2 Å². The molecule has 0 radical (unpaired) electrons. The van der Waals surface area contributed by atoms with E-state index in [1.54, 1.807) is 12.4 Å².